The molecule has 1 aliphatic heterocycles. The number of hydrazone groups is 1. The number of amides is 3. The molecule has 1 aromatic heterocycles. The van der Waals surface area contributed by atoms with Gasteiger partial charge in [-0.3, -0.25) is 0 Å². The van der Waals surface area contributed by atoms with Gasteiger partial charge in [0, 0.05) is 25.0 Å². The van der Waals surface area contributed by atoms with Crippen LogP contribution in [-0.4, -0.2) is 64.0 Å². The molecule has 2 heterocycles. The van der Waals surface area contributed by atoms with Crippen LogP contribution < -0.4 is 5.32 Å². The van der Waals surface area contributed by atoms with Gasteiger partial charge in [-0.15, -0.1) is 0 Å². The van der Waals surface area contributed by atoms with Crippen LogP contribution in [0, 0.1) is 6.92 Å². The van der Waals surface area contributed by atoms with Crippen molar-refractivity contribution in [2.75, 3.05) is 20.2 Å². The van der Waals surface area contributed by atoms with Crippen LogP contribution in [0.15, 0.2) is 41.8 Å². The number of ether oxygens (including phenoxy) is 1. The van der Waals surface area contributed by atoms with Gasteiger partial charge in [0.05, 0.1) is 30.9 Å². The van der Waals surface area contributed by atoms with E-state index < -0.39 is 36.2 Å². The van der Waals surface area contributed by atoms with Gasteiger partial charge >= 0.3 is 18.3 Å². The Balaban J connectivity index is 1.79. The average Bonchev–Trinajstić information content (AvgIpc) is 3.24. The van der Waals surface area contributed by atoms with Crippen molar-refractivity contribution in [1.29, 1.82) is 0 Å². The molecule has 12 heteroatoms. The van der Waals surface area contributed by atoms with Crippen LogP contribution >= 0.6 is 0 Å². The van der Waals surface area contributed by atoms with Crippen LogP contribution in [0.4, 0.5) is 22.8 Å². The highest BCUT2D eigenvalue weighted by Crippen LogP contribution is 2.26. The van der Waals surface area contributed by atoms with E-state index in [0.29, 0.717) is 11.3 Å². The van der Waals surface area contributed by atoms with Crippen molar-refractivity contribution >= 4 is 17.8 Å². The smallest absolute Gasteiger partial charge is 0.450 e. The molecule has 1 aliphatic rings. The maximum Gasteiger partial charge on any atom is 0.451 e. The van der Waals surface area contributed by atoms with E-state index in [9.17, 15) is 22.8 Å². The Kier molecular flexibility index (Phi) is 7.38. The third kappa shape index (κ3) is 5.61. The number of hydrogen-bond donors (Lipinski definition) is 1. The molecule has 0 spiro atoms. The van der Waals surface area contributed by atoms with E-state index in [2.05, 4.69) is 20.4 Å². The molecule has 0 bridgehead atoms. The molecule has 1 aromatic carbocycles. The molecule has 2 atom stereocenters. The summed E-state index contributed by atoms with van der Waals surface area (Å²) in [4.78, 5) is 33.3. The van der Waals surface area contributed by atoms with Gasteiger partial charge in [0.15, 0.2) is 0 Å². The number of nitrogens with zero attached hydrogens (tertiary/aromatic N) is 5. The monoisotopic (exact) mass is 478 g/mol. The fraction of sp³-hybridized carbons (Fsp3) is 0.409. The number of alkyl halides is 3. The van der Waals surface area contributed by atoms with Crippen molar-refractivity contribution in [3.05, 3.63) is 59.2 Å². The Morgan fingerprint density at radius 2 is 1.85 bits per heavy atom. The van der Waals surface area contributed by atoms with Crippen molar-refractivity contribution in [2.45, 2.75) is 39.0 Å². The Bertz CT molecular complexity index is 1060. The van der Waals surface area contributed by atoms with Crippen molar-refractivity contribution in [3.63, 3.8) is 0 Å². The molecule has 9 nitrogen and oxygen atoms in total. The zero-order valence-corrected chi connectivity index (χ0v) is 19.1. The molecule has 0 radical (unpaired) electrons. The number of urea groups is 1. The van der Waals surface area contributed by atoms with Gasteiger partial charge in [-0.2, -0.15) is 18.3 Å². The number of likely N-dealkylation sites (N-methyl/N-ethyl adjacent to an activating group) is 1. The normalized spacial score (nSPS) is 16.6. The summed E-state index contributed by atoms with van der Waals surface area (Å²) in [5, 5.41) is 8.29. The number of carbonyl (C=O) groups excluding carboxylic acids is 2. The summed E-state index contributed by atoms with van der Waals surface area (Å²) in [7, 11) is 1.57. The number of halogens is 3. The Hall–Kier alpha value is -3.70. The maximum atomic E-state index is 12.9. The quantitative estimate of drug-likeness (QED) is 0.706. The molecule has 3 rings (SSSR count). The molecule has 0 saturated heterocycles. The van der Waals surface area contributed by atoms with Gasteiger partial charge in [0.2, 0.25) is 5.82 Å². The first kappa shape index (κ1) is 24.9. The molecule has 0 unspecified atom stereocenters. The summed E-state index contributed by atoms with van der Waals surface area (Å²) < 4.78 is 43.2. The summed E-state index contributed by atoms with van der Waals surface area (Å²) in [6.07, 6.45) is -3.17. The van der Waals surface area contributed by atoms with Crippen LogP contribution in [-0.2, 0) is 10.9 Å². The predicted octanol–water partition coefficient (Wildman–Crippen LogP) is 3.75. The first-order chi connectivity index (χ1) is 16.0. The first-order valence-electron chi connectivity index (χ1n) is 10.5. The average molecular weight is 478 g/mol. The largest absolute Gasteiger partial charge is 0.451 e. The standard InChI is InChI=1S/C22H25F3N6O3/c1-5-34-21(33)30(4)17-12-31(29-18(17)15-8-6-13(2)7-9-15)20(32)28-14(3)16-10-26-19(27-11-16)22(23,24)25/h6-11,14,17H,5,12H2,1-4H3,(H,28,32)/t14-,17-/m1/s1. The SMILES string of the molecule is CCOC(=O)N(C)[C@@H]1CN(C(=O)N[C@H](C)c2cnc(C(F)(F)F)nc2)N=C1c1ccc(C)cc1. The van der Waals surface area contributed by atoms with E-state index in [-0.39, 0.29) is 13.2 Å². The predicted molar refractivity (Wildman–Crippen MR) is 117 cm³/mol. The molecule has 0 saturated carbocycles. The van der Waals surface area contributed by atoms with Gasteiger partial charge in [-0.25, -0.2) is 24.6 Å². The third-order valence-corrected chi connectivity index (χ3v) is 5.26. The number of carbonyl (C=O) groups is 2. The first-order valence-corrected chi connectivity index (χ1v) is 10.5. The summed E-state index contributed by atoms with van der Waals surface area (Å²) in [6.45, 7) is 5.49. The Morgan fingerprint density at radius 1 is 1.24 bits per heavy atom. The summed E-state index contributed by atoms with van der Waals surface area (Å²) in [5.41, 5.74) is 2.59. The van der Waals surface area contributed by atoms with Crippen LogP contribution in [0.1, 0.15) is 42.4 Å². The van der Waals surface area contributed by atoms with E-state index in [1.807, 2.05) is 31.2 Å². The number of rotatable bonds is 5. The van der Waals surface area contributed by atoms with Crippen LogP contribution in [0.5, 0.6) is 0 Å². The molecule has 182 valence electrons. The van der Waals surface area contributed by atoms with Crippen molar-refractivity contribution in [3.8, 4) is 0 Å². The zero-order chi connectivity index (χ0) is 25.0. The highest BCUT2D eigenvalue weighted by Gasteiger charge is 2.37. The second-order valence-corrected chi connectivity index (χ2v) is 7.77. The second-order valence-electron chi connectivity index (χ2n) is 7.77. The molecule has 0 fully saturated rings. The Labute approximate surface area is 194 Å². The van der Waals surface area contributed by atoms with E-state index in [4.69, 9.17) is 4.74 Å². The topological polar surface area (TPSA) is 100 Å². The Morgan fingerprint density at radius 3 is 2.41 bits per heavy atom. The van der Waals surface area contributed by atoms with Crippen molar-refractivity contribution in [1.82, 2.24) is 25.2 Å². The van der Waals surface area contributed by atoms with E-state index in [1.54, 1.807) is 20.9 Å². The minimum Gasteiger partial charge on any atom is -0.450 e. The third-order valence-electron chi connectivity index (χ3n) is 5.26. The number of hydrogen-bond acceptors (Lipinski definition) is 6. The fourth-order valence-electron chi connectivity index (χ4n) is 3.30. The van der Waals surface area contributed by atoms with E-state index in [1.165, 1.54) is 9.91 Å². The summed E-state index contributed by atoms with van der Waals surface area (Å²) >= 11 is 0. The van der Waals surface area contributed by atoms with Crippen LogP contribution in [0.3, 0.4) is 0 Å². The summed E-state index contributed by atoms with van der Waals surface area (Å²) in [6, 6.07) is 5.67. The lowest BCUT2D eigenvalue weighted by Crippen LogP contribution is -2.46. The van der Waals surface area contributed by atoms with Crippen molar-refractivity contribution in [2.24, 2.45) is 5.10 Å². The maximum absolute atomic E-state index is 12.9. The van der Waals surface area contributed by atoms with E-state index >= 15 is 0 Å². The molecule has 2 aromatic rings. The van der Waals surface area contributed by atoms with Gasteiger partial charge in [0.1, 0.15) is 0 Å². The van der Waals surface area contributed by atoms with Gasteiger partial charge in [-0.1, -0.05) is 29.8 Å². The number of aryl methyl sites for hydroxylation is 1. The summed E-state index contributed by atoms with van der Waals surface area (Å²) in [5.74, 6) is -1.26. The molecular weight excluding hydrogens is 453 g/mol. The van der Waals surface area contributed by atoms with Crippen molar-refractivity contribution < 1.29 is 27.5 Å². The highest BCUT2D eigenvalue weighted by molar-refractivity contribution is 6.07. The lowest BCUT2D eigenvalue weighted by Gasteiger charge is -2.25. The molecule has 3 amide bonds. The van der Waals surface area contributed by atoms with Gasteiger partial charge in [0.25, 0.3) is 0 Å². The second kappa shape index (κ2) is 10.1. The lowest BCUT2D eigenvalue weighted by atomic mass is 10.0. The molecule has 0 aliphatic carbocycles. The fourth-order valence-corrected chi connectivity index (χ4v) is 3.30. The van der Waals surface area contributed by atoms with Crippen LogP contribution in [0.2, 0.25) is 0 Å². The molecule has 1 N–H and O–H groups in total. The van der Waals surface area contributed by atoms with Crippen LogP contribution in [0.25, 0.3) is 0 Å². The lowest BCUT2D eigenvalue weighted by molar-refractivity contribution is -0.145. The highest BCUT2D eigenvalue weighted by atomic mass is 19.4. The number of nitrogens with one attached hydrogen (secondary N) is 1. The van der Waals surface area contributed by atoms with Gasteiger partial charge in [-0.05, 0) is 26.3 Å². The number of benzene rings is 1. The number of aromatic nitrogens is 2. The minimum atomic E-state index is -4.65. The molecule has 34 heavy (non-hydrogen) atoms. The van der Waals surface area contributed by atoms with E-state index in [0.717, 1.165) is 23.5 Å². The van der Waals surface area contributed by atoms with Gasteiger partial charge < -0.3 is 15.0 Å². The zero-order valence-electron chi connectivity index (χ0n) is 19.1. The molecular formula is C22H25F3N6O3. The minimum absolute atomic E-state index is 0.0700.